The number of benzene rings is 1. The number of nitrogens with two attached hydrogens (primary N) is 1. The molecule has 2 aromatic rings. The largest absolute Gasteiger partial charge is 0.393 e. The van der Waals surface area contributed by atoms with E-state index < -0.39 is 4.92 Å². The molecule has 0 aliphatic rings. The van der Waals surface area contributed by atoms with Gasteiger partial charge in [-0.05, 0) is 19.1 Å². The molecular weight excluding hydrogens is 276 g/mol. The Morgan fingerprint density at radius 2 is 1.95 bits per heavy atom. The second-order valence-corrected chi connectivity index (χ2v) is 4.40. The Kier molecular flexibility index (Phi) is 4.08. The van der Waals surface area contributed by atoms with Gasteiger partial charge in [-0.15, -0.1) is 0 Å². The molecular formula is C13H16N4O4. The van der Waals surface area contributed by atoms with E-state index in [1.807, 2.05) is 6.92 Å². The van der Waals surface area contributed by atoms with Crippen LogP contribution in [0.5, 0.6) is 0 Å². The van der Waals surface area contributed by atoms with Crippen molar-refractivity contribution in [1.82, 2.24) is 9.36 Å². The van der Waals surface area contributed by atoms with Crippen molar-refractivity contribution >= 4 is 11.4 Å². The van der Waals surface area contributed by atoms with E-state index in [9.17, 15) is 14.9 Å². The van der Waals surface area contributed by atoms with Gasteiger partial charge in [0.1, 0.15) is 5.69 Å². The Bertz CT molecular complexity index is 715. The van der Waals surface area contributed by atoms with Gasteiger partial charge in [-0.1, -0.05) is 0 Å². The summed E-state index contributed by atoms with van der Waals surface area (Å²) < 4.78 is 8.16. The summed E-state index contributed by atoms with van der Waals surface area (Å²) in [5.74, 6) is 0. The molecule has 0 saturated carbocycles. The van der Waals surface area contributed by atoms with E-state index in [0.29, 0.717) is 17.9 Å². The van der Waals surface area contributed by atoms with Crippen LogP contribution >= 0.6 is 0 Å². The van der Waals surface area contributed by atoms with E-state index in [4.69, 9.17) is 10.5 Å². The first kappa shape index (κ1) is 14.8. The Morgan fingerprint density at radius 3 is 2.43 bits per heavy atom. The van der Waals surface area contributed by atoms with Crippen LogP contribution in [0.2, 0.25) is 0 Å². The summed E-state index contributed by atoms with van der Waals surface area (Å²) in [5.41, 5.74) is 6.66. The van der Waals surface area contributed by atoms with Gasteiger partial charge in [-0.3, -0.25) is 19.6 Å². The molecule has 0 bridgehead atoms. The molecule has 0 aliphatic heterocycles. The second kappa shape index (κ2) is 5.80. The van der Waals surface area contributed by atoms with Crippen LogP contribution in [0, 0.1) is 10.1 Å². The lowest BCUT2D eigenvalue weighted by Gasteiger charge is -2.12. The molecule has 1 aromatic heterocycles. The molecule has 0 radical (unpaired) electrons. The molecule has 0 amide bonds. The van der Waals surface area contributed by atoms with E-state index in [-0.39, 0.29) is 23.5 Å². The molecule has 8 heteroatoms. The average Bonchev–Trinajstić information content (AvgIpc) is 2.72. The van der Waals surface area contributed by atoms with Gasteiger partial charge in [0.2, 0.25) is 0 Å². The maximum atomic E-state index is 12.3. The van der Waals surface area contributed by atoms with Crippen molar-refractivity contribution in [3.8, 4) is 5.69 Å². The van der Waals surface area contributed by atoms with Gasteiger partial charge in [0.25, 0.3) is 11.2 Å². The standard InChI is InChI=1S/C13H16N4O4/c1-3-15-11(8-21-2)12(14)13(18)16(15)9-4-6-10(7-5-9)17(19)20/h4-7H,3,8,14H2,1-2H3. The molecule has 0 spiro atoms. The number of rotatable bonds is 5. The van der Waals surface area contributed by atoms with Crippen molar-refractivity contribution in [3.05, 3.63) is 50.4 Å². The average molecular weight is 292 g/mol. The lowest BCUT2D eigenvalue weighted by molar-refractivity contribution is -0.384. The highest BCUT2D eigenvalue weighted by Gasteiger charge is 2.18. The number of aromatic nitrogens is 2. The third-order valence-corrected chi connectivity index (χ3v) is 3.17. The predicted molar refractivity (Wildman–Crippen MR) is 77.5 cm³/mol. The maximum Gasteiger partial charge on any atom is 0.294 e. The Labute approximate surface area is 120 Å². The lowest BCUT2D eigenvalue weighted by atomic mass is 10.3. The Morgan fingerprint density at radius 1 is 1.33 bits per heavy atom. The lowest BCUT2D eigenvalue weighted by Crippen LogP contribution is -2.22. The molecule has 2 N–H and O–H groups in total. The summed E-state index contributed by atoms with van der Waals surface area (Å²) in [4.78, 5) is 22.5. The van der Waals surface area contributed by atoms with Gasteiger partial charge < -0.3 is 10.5 Å². The number of non-ortho nitro benzene ring substituents is 1. The van der Waals surface area contributed by atoms with Crippen LogP contribution in [0.1, 0.15) is 12.6 Å². The van der Waals surface area contributed by atoms with Gasteiger partial charge in [-0.2, -0.15) is 0 Å². The number of nitro groups is 1. The highest BCUT2D eigenvalue weighted by Crippen LogP contribution is 2.17. The van der Waals surface area contributed by atoms with Crippen molar-refractivity contribution in [3.63, 3.8) is 0 Å². The van der Waals surface area contributed by atoms with Crippen molar-refractivity contribution in [2.75, 3.05) is 12.8 Å². The normalized spacial score (nSPS) is 10.8. The van der Waals surface area contributed by atoms with Gasteiger partial charge in [0.15, 0.2) is 0 Å². The van der Waals surface area contributed by atoms with Crippen molar-refractivity contribution in [1.29, 1.82) is 0 Å². The first-order valence-electron chi connectivity index (χ1n) is 6.35. The number of nitrogens with zero attached hydrogens (tertiary/aromatic N) is 3. The van der Waals surface area contributed by atoms with E-state index in [0.717, 1.165) is 0 Å². The first-order valence-corrected chi connectivity index (χ1v) is 6.35. The summed E-state index contributed by atoms with van der Waals surface area (Å²) in [5, 5.41) is 10.7. The fraction of sp³-hybridized carbons (Fsp3) is 0.308. The van der Waals surface area contributed by atoms with E-state index >= 15 is 0 Å². The van der Waals surface area contributed by atoms with Crippen LogP contribution in [0.4, 0.5) is 11.4 Å². The minimum Gasteiger partial charge on any atom is -0.393 e. The molecule has 112 valence electrons. The molecule has 0 atom stereocenters. The summed E-state index contributed by atoms with van der Waals surface area (Å²) in [6, 6.07) is 5.73. The van der Waals surface area contributed by atoms with Gasteiger partial charge >= 0.3 is 0 Å². The fourth-order valence-electron chi connectivity index (χ4n) is 2.20. The van der Waals surface area contributed by atoms with E-state index in [1.54, 1.807) is 4.68 Å². The molecule has 1 heterocycles. The van der Waals surface area contributed by atoms with Crippen LogP contribution in [-0.4, -0.2) is 21.4 Å². The highest BCUT2D eigenvalue weighted by molar-refractivity contribution is 5.47. The summed E-state index contributed by atoms with van der Waals surface area (Å²) >= 11 is 0. The molecule has 0 unspecified atom stereocenters. The summed E-state index contributed by atoms with van der Waals surface area (Å²) in [6.45, 7) is 2.61. The number of anilines is 1. The number of hydrogen-bond acceptors (Lipinski definition) is 5. The Hall–Kier alpha value is -2.61. The molecule has 0 fully saturated rings. The molecule has 1 aromatic carbocycles. The zero-order chi connectivity index (χ0) is 15.6. The smallest absolute Gasteiger partial charge is 0.294 e. The molecule has 2 rings (SSSR count). The van der Waals surface area contributed by atoms with E-state index in [1.165, 1.54) is 36.1 Å². The summed E-state index contributed by atoms with van der Waals surface area (Å²) in [6.07, 6.45) is 0. The second-order valence-electron chi connectivity index (χ2n) is 4.40. The predicted octanol–water partition coefficient (Wildman–Crippen LogP) is 1.30. The topological polar surface area (TPSA) is 105 Å². The molecule has 8 nitrogen and oxygen atoms in total. The number of nitrogen functional groups attached to an aromatic ring is 1. The van der Waals surface area contributed by atoms with Gasteiger partial charge in [-0.25, -0.2) is 4.68 Å². The van der Waals surface area contributed by atoms with Crippen molar-refractivity contribution < 1.29 is 9.66 Å². The van der Waals surface area contributed by atoms with Crippen LogP contribution in [-0.2, 0) is 17.9 Å². The zero-order valence-electron chi connectivity index (χ0n) is 11.8. The third-order valence-electron chi connectivity index (χ3n) is 3.17. The number of nitro benzene ring substituents is 1. The molecule has 0 saturated heterocycles. The maximum absolute atomic E-state index is 12.3. The highest BCUT2D eigenvalue weighted by atomic mass is 16.6. The first-order chi connectivity index (χ1) is 10.0. The fourth-order valence-corrected chi connectivity index (χ4v) is 2.20. The van der Waals surface area contributed by atoms with Gasteiger partial charge in [0.05, 0.1) is 22.9 Å². The van der Waals surface area contributed by atoms with Crippen molar-refractivity contribution in [2.45, 2.75) is 20.1 Å². The van der Waals surface area contributed by atoms with Crippen LogP contribution in [0.3, 0.4) is 0 Å². The van der Waals surface area contributed by atoms with Gasteiger partial charge in [0, 0.05) is 25.8 Å². The monoisotopic (exact) mass is 292 g/mol. The molecule has 0 aliphatic carbocycles. The number of hydrogen-bond donors (Lipinski definition) is 1. The molecule has 21 heavy (non-hydrogen) atoms. The summed E-state index contributed by atoms with van der Waals surface area (Å²) in [7, 11) is 1.52. The number of ether oxygens (including phenoxy) is 1. The van der Waals surface area contributed by atoms with Crippen LogP contribution in [0.15, 0.2) is 29.1 Å². The van der Waals surface area contributed by atoms with E-state index in [2.05, 4.69) is 0 Å². The Balaban J connectivity index is 2.60. The van der Waals surface area contributed by atoms with Crippen LogP contribution < -0.4 is 11.3 Å². The quantitative estimate of drug-likeness (QED) is 0.660. The van der Waals surface area contributed by atoms with Crippen LogP contribution in [0.25, 0.3) is 5.69 Å². The SMILES string of the molecule is CCn1c(COC)c(N)c(=O)n1-c1ccc([N+](=O)[O-])cc1. The zero-order valence-corrected chi connectivity index (χ0v) is 11.8. The minimum atomic E-state index is -0.490. The third kappa shape index (κ3) is 2.52. The van der Waals surface area contributed by atoms with Crippen molar-refractivity contribution in [2.24, 2.45) is 0 Å². The minimum absolute atomic E-state index is 0.0357. The number of methoxy groups -OCH3 is 1.